The van der Waals surface area contributed by atoms with E-state index in [2.05, 4.69) is 15.5 Å². The van der Waals surface area contributed by atoms with Crippen molar-refractivity contribution in [3.63, 3.8) is 0 Å². The Morgan fingerprint density at radius 3 is 2.69 bits per heavy atom. The van der Waals surface area contributed by atoms with Gasteiger partial charge >= 0.3 is 5.97 Å². The van der Waals surface area contributed by atoms with Gasteiger partial charge in [-0.15, -0.1) is 21.5 Å². The van der Waals surface area contributed by atoms with Gasteiger partial charge in [0.2, 0.25) is 5.91 Å². The molecule has 8 nitrogen and oxygen atoms in total. The number of aromatic nitrogens is 3. The lowest BCUT2D eigenvalue weighted by Crippen LogP contribution is -2.16. The van der Waals surface area contributed by atoms with Crippen LogP contribution in [0.25, 0.3) is 0 Å². The van der Waals surface area contributed by atoms with Crippen LogP contribution < -0.4 is 10.1 Å². The van der Waals surface area contributed by atoms with Gasteiger partial charge in [0, 0.05) is 11.4 Å². The fourth-order valence-electron chi connectivity index (χ4n) is 3.18. The first kappa shape index (κ1) is 27.0. The standard InChI is InChI=1S/C23H26ClFN4O4S2/c1-5-15-11-16(22(31)32-7-3)21(35-15)26-19(30)12-34-23-28-27-20(29(23)6-2)13(4)33-18-9-8-14(25)10-17(18)24/h8-11,13H,5-7,12H2,1-4H3,(H,26,30). The van der Waals surface area contributed by atoms with Gasteiger partial charge in [-0.25, -0.2) is 9.18 Å². The summed E-state index contributed by atoms with van der Waals surface area (Å²) in [4.78, 5) is 25.9. The third kappa shape index (κ3) is 6.74. The second-order valence-corrected chi connectivity index (χ2v) is 9.77. The molecule has 0 bridgehead atoms. The first-order valence-corrected chi connectivity index (χ1v) is 13.2. The van der Waals surface area contributed by atoms with Gasteiger partial charge in [-0.05, 0) is 51.5 Å². The number of aryl methyl sites for hydroxylation is 1. The molecule has 1 atom stereocenters. The predicted molar refractivity (Wildman–Crippen MR) is 135 cm³/mol. The molecule has 12 heteroatoms. The lowest BCUT2D eigenvalue weighted by Gasteiger charge is -2.16. The van der Waals surface area contributed by atoms with Crippen molar-refractivity contribution in [2.24, 2.45) is 0 Å². The van der Waals surface area contributed by atoms with E-state index < -0.39 is 17.9 Å². The van der Waals surface area contributed by atoms with Crippen molar-refractivity contribution in [2.75, 3.05) is 17.7 Å². The number of hydrogen-bond acceptors (Lipinski definition) is 8. The van der Waals surface area contributed by atoms with E-state index in [4.69, 9.17) is 21.1 Å². The third-order valence-electron chi connectivity index (χ3n) is 4.84. The molecule has 188 valence electrons. The quantitative estimate of drug-likeness (QED) is 0.244. The van der Waals surface area contributed by atoms with E-state index in [1.165, 1.54) is 41.3 Å². The molecule has 0 aliphatic heterocycles. The molecule has 1 aromatic carbocycles. The van der Waals surface area contributed by atoms with Crippen LogP contribution in [-0.2, 0) is 22.5 Å². The molecule has 0 spiro atoms. The van der Waals surface area contributed by atoms with Crippen LogP contribution >= 0.6 is 34.7 Å². The fourth-order valence-corrected chi connectivity index (χ4v) is 5.20. The van der Waals surface area contributed by atoms with E-state index in [9.17, 15) is 14.0 Å². The molecule has 0 radical (unpaired) electrons. The van der Waals surface area contributed by atoms with Crippen LogP contribution in [0, 0.1) is 5.82 Å². The van der Waals surface area contributed by atoms with Crippen molar-refractivity contribution in [3.8, 4) is 5.75 Å². The Morgan fingerprint density at radius 2 is 2.03 bits per heavy atom. The third-order valence-corrected chi connectivity index (χ3v) is 7.29. The number of benzene rings is 1. The van der Waals surface area contributed by atoms with Crippen molar-refractivity contribution in [1.82, 2.24) is 14.8 Å². The van der Waals surface area contributed by atoms with Gasteiger partial charge < -0.3 is 19.4 Å². The first-order chi connectivity index (χ1) is 16.8. The lowest BCUT2D eigenvalue weighted by molar-refractivity contribution is -0.113. The number of amides is 1. The summed E-state index contributed by atoms with van der Waals surface area (Å²) in [6, 6.07) is 5.65. The molecule has 0 saturated heterocycles. The molecule has 0 fully saturated rings. The summed E-state index contributed by atoms with van der Waals surface area (Å²) in [5.41, 5.74) is 0.358. The van der Waals surface area contributed by atoms with E-state index >= 15 is 0 Å². The molecule has 1 N–H and O–H groups in total. The molecule has 3 aromatic rings. The maximum Gasteiger partial charge on any atom is 0.341 e. The molecule has 35 heavy (non-hydrogen) atoms. The van der Waals surface area contributed by atoms with Crippen molar-refractivity contribution in [2.45, 2.75) is 51.9 Å². The predicted octanol–water partition coefficient (Wildman–Crippen LogP) is 5.76. The molecule has 0 aliphatic rings. The number of nitrogens with one attached hydrogen (secondary N) is 1. The van der Waals surface area contributed by atoms with Crippen molar-refractivity contribution in [3.05, 3.63) is 51.4 Å². The molecule has 0 aliphatic carbocycles. The Labute approximate surface area is 216 Å². The second kappa shape index (κ2) is 12.4. The number of nitrogens with zero attached hydrogens (tertiary/aromatic N) is 3. The number of esters is 1. The van der Waals surface area contributed by atoms with Gasteiger partial charge in [-0.1, -0.05) is 30.3 Å². The largest absolute Gasteiger partial charge is 0.481 e. The summed E-state index contributed by atoms with van der Waals surface area (Å²) in [6.07, 6.45) is 0.229. The summed E-state index contributed by atoms with van der Waals surface area (Å²) in [5.74, 6) is -0.243. The monoisotopic (exact) mass is 540 g/mol. The molecule has 1 unspecified atom stereocenters. The number of halogens is 2. The van der Waals surface area contributed by atoms with Crippen LogP contribution in [0.5, 0.6) is 5.75 Å². The maximum absolute atomic E-state index is 13.3. The zero-order chi connectivity index (χ0) is 25.5. The summed E-state index contributed by atoms with van der Waals surface area (Å²) < 4.78 is 26.1. The average molecular weight is 541 g/mol. The molecular formula is C23H26ClFN4O4S2. The molecule has 3 rings (SSSR count). The molecule has 0 saturated carbocycles. The Morgan fingerprint density at radius 1 is 1.26 bits per heavy atom. The van der Waals surface area contributed by atoms with Crippen LogP contribution in [-0.4, -0.2) is 39.0 Å². The molecule has 2 aromatic heterocycles. The Hall–Kier alpha value is -2.63. The van der Waals surface area contributed by atoms with Crippen LogP contribution in [0.4, 0.5) is 9.39 Å². The smallest absolute Gasteiger partial charge is 0.341 e. The minimum Gasteiger partial charge on any atom is -0.481 e. The number of carbonyl (C=O) groups is 2. The van der Waals surface area contributed by atoms with Crippen LogP contribution in [0.2, 0.25) is 5.02 Å². The highest BCUT2D eigenvalue weighted by Crippen LogP contribution is 2.31. The lowest BCUT2D eigenvalue weighted by atomic mass is 10.2. The number of rotatable bonds is 11. The number of thioether (sulfide) groups is 1. The number of hydrogen-bond donors (Lipinski definition) is 1. The Balaban J connectivity index is 1.67. The van der Waals surface area contributed by atoms with Gasteiger partial charge in [-0.3, -0.25) is 4.79 Å². The highest BCUT2D eigenvalue weighted by Gasteiger charge is 2.22. The van der Waals surface area contributed by atoms with E-state index in [0.29, 0.717) is 33.8 Å². The van der Waals surface area contributed by atoms with Gasteiger partial charge in [0.15, 0.2) is 17.1 Å². The highest BCUT2D eigenvalue weighted by molar-refractivity contribution is 7.99. The topological polar surface area (TPSA) is 95.3 Å². The Bertz CT molecular complexity index is 1200. The summed E-state index contributed by atoms with van der Waals surface area (Å²) in [7, 11) is 0. The summed E-state index contributed by atoms with van der Waals surface area (Å²) >= 11 is 8.64. The van der Waals surface area contributed by atoms with Gasteiger partial charge in [-0.2, -0.15) is 0 Å². The van der Waals surface area contributed by atoms with Crippen molar-refractivity contribution < 1.29 is 23.5 Å². The molecule has 2 heterocycles. The van der Waals surface area contributed by atoms with Gasteiger partial charge in [0.1, 0.15) is 16.6 Å². The number of thiophene rings is 1. The van der Waals surface area contributed by atoms with Gasteiger partial charge in [0.25, 0.3) is 0 Å². The fraction of sp³-hybridized carbons (Fsp3) is 0.391. The Kier molecular flexibility index (Phi) is 9.53. The van der Waals surface area contributed by atoms with E-state index in [1.54, 1.807) is 19.9 Å². The number of ether oxygens (including phenoxy) is 2. The maximum atomic E-state index is 13.3. The van der Waals surface area contributed by atoms with Crippen molar-refractivity contribution in [1.29, 1.82) is 0 Å². The van der Waals surface area contributed by atoms with E-state index in [1.807, 2.05) is 18.4 Å². The molecule has 1 amide bonds. The van der Waals surface area contributed by atoms with Gasteiger partial charge in [0.05, 0.1) is 22.9 Å². The normalized spacial score (nSPS) is 11.8. The first-order valence-electron chi connectivity index (χ1n) is 11.0. The van der Waals surface area contributed by atoms with Crippen LogP contribution in [0.1, 0.15) is 54.9 Å². The number of anilines is 1. The number of carbonyl (C=O) groups excluding carboxylic acids is 2. The summed E-state index contributed by atoms with van der Waals surface area (Å²) in [6.45, 7) is 8.23. The SMILES string of the molecule is CCOC(=O)c1cc(CC)sc1NC(=O)CSc1nnc(C(C)Oc2ccc(F)cc2Cl)n1CC. The zero-order valence-electron chi connectivity index (χ0n) is 19.8. The zero-order valence-corrected chi connectivity index (χ0v) is 22.2. The van der Waals surface area contributed by atoms with Crippen LogP contribution in [0.15, 0.2) is 29.4 Å². The summed E-state index contributed by atoms with van der Waals surface area (Å²) in [5, 5.41) is 12.4. The highest BCUT2D eigenvalue weighted by atomic mass is 35.5. The molecular weight excluding hydrogens is 515 g/mol. The van der Waals surface area contributed by atoms with E-state index in [0.717, 1.165) is 11.3 Å². The van der Waals surface area contributed by atoms with Crippen molar-refractivity contribution >= 4 is 51.6 Å². The minimum absolute atomic E-state index is 0.0682. The average Bonchev–Trinajstić information content (AvgIpc) is 3.43. The van der Waals surface area contributed by atoms with Crippen LogP contribution in [0.3, 0.4) is 0 Å². The minimum atomic E-state index is -0.515. The second-order valence-electron chi connectivity index (χ2n) is 7.29. The van der Waals surface area contributed by atoms with E-state index in [-0.39, 0.29) is 23.3 Å².